The molecule has 0 aliphatic carbocycles. The number of benzene rings is 1. The molecule has 0 bridgehead atoms. The van der Waals surface area contributed by atoms with E-state index in [4.69, 9.17) is 5.73 Å². The van der Waals surface area contributed by atoms with Crippen molar-refractivity contribution in [1.29, 1.82) is 0 Å². The summed E-state index contributed by atoms with van der Waals surface area (Å²) in [7, 11) is 1.60. The first-order valence-electron chi connectivity index (χ1n) is 7.35. The Balaban J connectivity index is 2.26. The van der Waals surface area contributed by atoms with E-state index in [0.717, 1.165) is 18.4 Å². The fourth-order valence-corrected chi connectivity index (χ4v) is 2.82. The van der Waals surface area contributed by atoms with Gasteiger partial charge in [-0.1, -0.05) is 30.3 Å². The summed E-state index contributed by atoms with van der Waals surface area (Å²) < 4.78 is 0. The van der Waals surface area contributed by atoms with Crippen molar-refractivity contribution in [2.24, 2.45) is 5.73 Å². The fourth-order valence-electron chi connectivity index (χ4n) is 2.82. The van der Waals surface area contributed by atoms with Gasteiger partial charge in [0.25, 0.3) is 0 Å². The molecule has 2 amide bonds. The number of likely N-dealkylation sites (N-methyl/N-ethyl adjacent to an activating group) is 1. The minimum absolute atomic E-state index is 0.119. The second kappa shape index (κ2) is 6.26. The molecule has 2 unspecified atom stereocenters. The number of nitrogens with two attached hydrogens (primary N) is 1. The van der Waals surface area contributed by atoms with Gasteiger partial charge in [-0.3, -0.25) is 9.59 Å². The van der Waals surface area contributed by atoms with E-state index in [1.807, 2.05) is 30.3 Å². The molecule has 0 saturated carbocycles. The number of carbonyl (C=O) groups excluding carboxylic acids is 2. The van der Waals surface area contributed by atoms with Crippen LogP contribution in [0, 0.1) is 0 Å². The van der Waals surface area contributed by atoms with Crippen LogP contribution in [0.3, 0.4) is 0 Å². The Kier molecular flexibility index (Phi) is 4.63. The van der Waals surface area contributed by atoms with Gasteiger partial charge in [-0.15, -0.1) is 0 Å². The monoisotopic (exact) mass is 289 g/mol. The molecule has 1 fully saturated rings. The van der Waals surface area contributed by atoms with Crippen LogP contribution in [0.2, 0.25) is 0 Å². The summed E-state index contributed by atoms with van der Waals surface area (Å²) in [4.78, 5) is 26.5. The van der Waals surface area contributed by atoms with E-state index in [2.05, 4.69) is 5.32 Å². The zero-order chi connectivity index (χ0) is 15.5. The zero-order valence-electron chi connectivity index (χ0n) is 12.6. The summed E-state index contributed by atoms with van der Waals surface area (Å²) in [6.45, 7) is 2.29. The zero-order valence-corrected chi connectivity index (χ0v) is 12.6. The standard InChI is InChI=1S/C16H23N3O2/c1-16(17,12-8-4-3-5-9-12)15(21)19-11-7-6-10-13(19)14(20)18-2/h3-5,8-9,13H,6-7,10-11,17H2,1-2H3,(H,18,20). The topological polar surface area (TPSA) is 75.4 Å². The Labute approximate surface area is 125 Å². The van der Waals surface area contributed by atoms with Gasteiger partial charge in [0, 0.05) is 13.6 Å². The van der Waals surface area contributed by atoms with Gasteiger partial charge in [0.1, 0.15) is 11.6 Å². The number of rotatable bonds is 3. The number of likely N-dealkylation sites (tertiary alicyclic amines) is 1. The lowest BCUT2D eigenvalue weighted by molar-refractivity contribution is -0.146. The van der Waals surface area contributed by atoms with Crippen LogP contribution in [0.5, 0.6) is 0 Å². The molecule has 2 atom stereocenters. The molecular formula is C16H23N3O2. The maximum Gasteiger partial charge on any atom is 0.247 e. The molecule has 0 spiro atoms. The number of hydrogen-bond acceptors (Lipinski definition) is 3. The summed E-state index contributed by atoms with van der Waals surface area (Å²) in [5.74, 6) is -0.311. The highest BCUT2D eigenvalue weighted by atomic mass is 16.2. The molecule has 2 rings (SSSR count). The molecule has 21 heavy (non-hydrogen) atoms. The molecule has 5 nitrogen and oxygen atoms in total. The van der Waals surface area contributed by atoms with Crippen molar-refractivity contribution in [2.45, 2.75) is 37.8 Å². The Bertz CT molecular complexity index is 514. The molecule has 1 aromatic carbocycles. The maximum atomic E-state index is 12.9. The Morgan fingerprint density at radius 2 is 1.95 bits per heavy atom. The van der Waals surface area contributed by atoms with Crippen LogP contribution in [0.4, 0.5) is 0 Å². The van der Waals surface area contributed by atoms with Gasteiger partial charge < -0.3 is 16.0 Å². The Morgan fingerprint density at radius 1 is 1.29 bits per heavy atom. The van der Waals surface area contributed by atoms with Crippen LogP contribution in [0.25, 0.3) is 0 Å². The molecular weight excluding hydrogens is 266 g/mol. The van der Waals surface area contributed by atoms with Crippen molar-refractivity contribution in [3.05, 3.63) is 35.9 Å². The van der Waals surface area contributed by atoms with Crippen molar-refractivity contribution in [3.8, 4) is 0 Å². The largest absolute Gasteiger partial charge is 0.357 e. The molecule has 1 saturated heterocycles. The minimum Gasteiger partial charge on any atom is -0.357 e. The van der Waals surface area contributed by atoms with E-state index in [0.29, 0.717) is 13.0 Å². The number of nitrogens with one attached hydrogen (secondary N) is 1. The lowest BCUT2D eigenvalue weighted by Crippen LogP contribution is -2.58. The highest BCUT2D eigenvalue weighted by Gasteiger charge is 2.40. The van der Waals surface area contributed by atoms with E-state index < -0.39 is 11.6 Å². The van der Waals surface area contributed by atoms with Gasteiger partial charge in [-0.2, -0.15) is 0 Å². The summed E-state index contributed by atoms with van der Waals surface area (Å²) in [6.07, 6.45) is 2.55. The van der Waals surface area contributed by atoms with Gasteiger partial charge >= 0.3 is 0 Å². The summed E-state index contributed by atoms with van der Waals surface area (Å²) in [5, 5.41) is 2.64. The van der Waals surface area contributed by atoms with Gasteiger partial charge in [0.05, 0.1) is 0 Å². The third kappa shape index (κ3) is 3.08. The first-order valence-corrected chi connectivity index (χ1v) is 7.35. The highest BCUT2D eigenvalue weighted by molar-refractivity contribution is 5.92. The molecule has 5 heteroatoms. The van der Waals surface area contributed by atoms with Crippen LogP contribution in [0.1, 0.15) is 31.7 Å². The van der Waals surface area contributed by atoms with E-state index in [1.54, 1.807) is 18.9 Å². The van der Waals surface area contributed by atoms with E-state index in [9.17, 15) is 9.59 Å². The highest BCUT2D eigenvalue weighted by Crippen LogP contribution is 2.25. The normalized spacial score (nSPS) is 21.5. The second-order valence-electron chi connectivity index (χ2n) is 5.69. The summed E-state index contributed by atoms with van der Waals surface area (Å²) in [5.41, 5.74) is 5.93. The van der Waals surface area contributed by atoms with Crippen molar-refractivity contribution < 1.29 is 9.59 Å². The molecule has 114 valence electrons. The smallest absolute Gasteiger partial charge is 0.247 e. The van der Waals surface area contributed by atoms with Gasteiger partial charge in [-0.25, -0.2) is 0 Å². The molecule has 0 radical (unpaired) electrons. The van der Waals surface area contributed by atoms with Crippen molar-refractivity contribution in [1.82, 2.24) is 10.2 Å². The van der Waals surface area contributed by atoms with Crippen LogP contribution < -0.4 is 11.1 Å². The summed E-state index contributed by atoms with van der Waals surface area (Å²) in [6, 6.07) is 8.88. The number of nitrogens with zero attached hydrogens (tertiary/aromatic N) is 1. The van der Waals surface area contributed by atoms with Gasteiger partial charge in [-0.05, 0) is 31.7 Å². The van der Waals surface area contributed by atoms with Crippen molar-refractivity contribution in [3.63, 3.8) is 0 Å². The first kappa shape index (κ1) is 15.5. The van der Waals surface area contributed by atoms with E-state index >= 15 is 0 Å². The number of piperidine rings is 1. The lowest BCUT2D eigenvalue weighted by atomic mass is 9.89. The van der Waals surface area contributed by atoms with Crippen molar-refractivity contribution in [2.75, 3.05) is 13.6 Å². The quantitative estimate of drug-likeness (QED) is 0.871. The van der Waals surface area contributed by atoms with Crippen LogP contribution in [-0.2, 0) is 15.1 Å². The molecule has 1 aliphatic rings. The number of hydrogen-bond donors (Lipinski definition) is 2. The Morgan fingerprint density at radius 3 is 2.57 bits per heavy atom. The minimum atomic E-state index is -1.12. The number of carbonyl (C=O) groups is 2. The average Bonchev–Trinajstić information content (AvgIpc) is 2.54. The van der Waals surface area contributed by atoms with Crippen LogP contribution >= 0.6 is 0 Å². The SMILES string of the molecule is CNC(=O)C1CCCCN1C(=O)C(C)(N)c1ccccc1. The third-order valence-electron chi connectivity index (χ3n) is 4.13. The van der Waals surface area contributed by atoms with Crippen molar-refractivity contribution >= 4 is 11.8 Å². The lowest BCUT2D eigenvalue weighted by Gasteiger charge is -2.39. The van der Waals surface area contributed by atoms with E-state index in [-0.39, 0.29) is 11.8 Å². The molecule has 1 aromatic rings. The second-order valence-corrected chi connectivity index (χ2v) is 5.69. The molecule has 1 aliphatic heterocycles. The Hall–Kier alpha value is -1.88. The number of amides is 2. The van der Waals surface area contributed by atoms with E-state index in [1.165, 1.54) is 0 Å². The van der Waals surface area contributed by atoms with Crippen LogP contribution in [0.15, 0.2) is 30.3 Å². The molecule has 1 heterocycles. The van der Waals surface area contributed by atoms with Gasteiger partial charge in [0.15, 0.2) is 0 Å². The predicted molar refractivity (Wildman–Crippen MR) is 81.4 cm³/mol. The molecule has 3 N–H and O–H groups in total. The van der Waals surface area contributed by atoms with Gasteiger partial charge in [0.2, 0.25) is 11.8 Å². The maximum absolute atomic E-state index is 12.9. The third-order valence-corrected chi connectivity index (χ3v) is 4.13. The van der Waals surface area contributed by atoms with Crippen LogP contribution in [-0.4, -0.2) is 36.3 Å². The molecule has 0 aromatic heterocycles. The predicted octanol–water partition coefficient (Wildman–Crippen LogP) is 0.988. The summed E-state index contributed by atoms with van der Waals surface area (Å²) >= 11 is 0. The average molecular weight is 289 g/mol. The fraction of sp³-hybridized carbons (Fsp3) is 0.500. The first-order chi connectivity index (χ1) is 9.98.